The summed E-state index contributed by atoms with van der Waals surface area (Å²) in [5.74, 6) is 0. The molecule has 0 heterocycles. The van der Waals surface area contributed by atoms with Gasteiger partial charge in [0.25, 0.3) is 0 Å². The Morgan fingerprint density at radius 2 is 1.07 bits per heavy atom. The molecule has 1 aliphatic rings. The molecule has 1 nitrogen and oxygen atoms in total. The van der Waals surface area contributed by atoms with Crippen LogP contribution in [0.3, 0.4) is 0 Å². The van der Waals surface area contributed by atoms with Crippen molar-refractivity contribution in [3.63, 3.8) is 0 Å². The van der Waals surface area contributed by atoms with Crippen LogP contribution in [0.5, 0.6) is 0 Å². The third kappa shape index (κ3) is 4.86. The lowest BCUT2D eigenvalue weighted by atomic mass is 9.76. The first-order valence-electron chi connectivity index (χ1n) is 16.5. The van der Waals surface area contributed by atoms with Crippen LogP contribution in [-0.4, -0.2) is 0 Å². The fraction of sp³-hybridized carbons (Fsp3) is 0.200. The van der Waals surface area contributed by atoms with E-state index in [1.807, 2.05) is 0 Å². The normalized spacial score (nSPS) is 13.3. The molecule has 0 saturated carbocycles. The SMILES string of the molecule is Cc1ccc(N(c2ccc3c(c2)C(C)(C)c2ccccc2-3)c2c(C)cc(-c3ccccc3)cc2C)cc1C(C)(C)c1ccccc1. The Balaban J connectivity index is 1.45. The first-order valence-corrected chi connectivity index (χ1v) is 16.5. The Hall–Kier alpha value is -4.88. The fourth-order valence-corrected chi connectivity index (χ4v) is 7.78. The maximum Gasteiger partial charge on any atom is 0.0520 e. The maximum atomic E-state index is 2.50. The highest BCUT2D eigenvalue weighted by Gasteiger charge is 2.36. The summed E-state index contributed by atoms with van der Waals surface area (Å²) < 4.78 is 0. The van der Waals surface area contributed by atoms with Gasteiger partial charge in [-0.1, -0.05) is 125 Å². The van der Waals surface area contributed by atoms with E-state index in [1.54, 1.807) is 0 Å². The Bertz CT molecular complexity index is 2040. The van der Waals surface area contributed by atoms with E-state index in [-0.39, 0.29) is 10.8 Å². The van der Waals surface area contributed by atoms with Crippen molar-refractivity contribution in [3.05, 3.63) is 172 Å². The molecule has 7 rings (SSSR count). The van der Waals surface area contributed by atoms with Crippen LogP contribution in [0.2, 0.25) is 0 Å². The summed E-state index contributed by atoms with van der Waals surface area (Å²) in [4.78, 5) is 2.50. The lowest BCUT2D eigenvalue weighted by Gasteiger charge is -2.33. The Morgan fingerprint density at radius 1 is 0.500 bits per heavy atom. The minimum Gasteiger partial charge on any atom is -0.310 e. The first-order chi connectivity index (χ1) is 22.1. The van der Waals surface area contributed by atoms with Crippen molar-refractivity contribution >= 4 is 17.1 Å². The number of aryl methyl sites for hydroxylation is 3. The lowest BCUT2D eigenvalue weighted by molar-refractivity contribution is 0.636. The van der Waals surface area contributed by atoms with Gasteiger partial charge in [-0.3, -0.25) is 0 Å². The molecule has 0 aliphatic heterocycles. The topological polar surface area (TPSA) is 3.24 Å². The Labute approximate surface area is 275 Å². The van der Waals surface area contributed by atoms with E-state index in [4.69, 9.17) is 0 Å². The molecular formula is C45H43N. The molecule has 0 radical (unpaired) electrons. The number of benzene rings is 6. The van der Waals surface area contributed by atoms with Crippen LogP contribution >= 0.6 is 0 Å². The molecule has 1 aliphatic carbocycles. The number of hydrogen-bond donors (Lipinski definition) is 0. The molecule has 0 saturated heterocycles. The number of fused-ring (bicyclic) bond motifs is 3. The molecular weight excluding hydrogens is 555 g/mol. The summed E-state index contributed by atoms with van der Waals surface area (Å²) >= 11 is 0. The van der Waals surface area contributed by atoms with Crippen LogP contribution in [0.4, 0.5) is 17.1 Å². The maximum absolute atomic E-state index is 2.50. The summed E-state index contributed by atoms with van der Waals surface area (Å²) in [5, 5.41) is 0. The summed E-state index contributed by atoms with van der Waals surface area (Å²) in [7, 11) is 0. The summed E-state index contributed by atoms with van der Waals surface area (Å²) in [5.41, 5.74) is 17.8. The molecule has 0 unspecified atom stereocenters. The molecule has 228 valence electrons. The largest absolute Gasteiger partial charge is 0.310 e. The molecule has 1 heteroatoms. The number of anilines is 3. The molecule has 0 atom stereocenters. The highest BCUT2D eigenvalue weighted by Crippen LogP contribution is 2.51. The van der Waals surface area contributed by atoms with Gasteiger partial charge in [-0.2, -0.15) is 0 Å². The van der Waals surface area contributed by atoms with Crippen molar-refractivity contribution in [1.29, 1.82) is 0 Å². The van der Waals surface area contributed by atoms with Crippen molar-refractivity contribution < 1.29 is 0 Å². The first kappa shape index (κ1) is 29.8. The molecule has 0 spiro atoms. The molecule has 0 bridgehead atoms. The van der Waals surface area contributed by atoms with Crippen LogP contribution in [0, 0.1) is 20.8 Å². The van der Waals surface area contributed by atoms with Crippen LogP contribution in [0.25, 0.3) is 22.3 Å². The van der Waals surface area contributed by atoms with Crippen LogP contribution in [0.1, 0.15) is 66.6 Å². The van der Waals surface area contributed by atoms with E-state index >= 15 is 0 Å². The number of nitrogens with zero attached hydrogens (tertiary/aromatic N) is 1. The molecule has 0 aromatic heterocycles. The molecule has 0 N–H and O–H groups in total. The van der Waals surface area contributed by atoms with E-state index in [9.17, 15) is 0 Å². The Kier molecular flexibility index (Phi) is 7.24. The number of rotatable bonds is 6. The van der Waals surface area contributed by atoms with E-state index in [2.05, 4.69) is 187 Å². The van der Waals surface area contributed by atoms with Crippen molar-refractivity contribution in [2.24, 2.45) is 0 Å². The summed E-state index contributed by atoms with van der Waals surface area (Å²) in [6.45, 7) is 16.2. The molecule has 6 aromatic rings. The quantitative estimate of drug-likeness (QED) is 0.185. The van der Waals surface area contributed by atoms with E-state index in [0.717, 1.165) is 0 Å². The second-order valence-corrected chi connectivity index (χ2v) is 14.1. The van der Waals surface area contributed by atoms with Crippen molar-refractivity contribution in [3.8, 4) is 22.3 Å². The number of hydrogen-bond acceptors (Lipinski definition) is 1. The van der Waals surface area contributed by atoms with Gasteiger partial charge in [0.1, 0.15) is 0 Å². The fourth-order valence-electron chi connectivity index (χ4n) is 7.78. The van der Waals surface area contributed by atoms with Gasteiger partial charge in [-0.05, 0) is 118 Å². The van der Waals surface area contributed by atoms with Gasteiger partial charge >= 0.3 is 0 Å². The monoisotopic (exact) mass is 597 g/mol. The van der Waals surface area contributed by atoms with Gasteiger partial charge in [-0.25, -0.2) is 0 Å². The lowest BCUT2D eigenvalue weighted by Crippen LogP contribution is -2.22. The molecule has 46 heavy (non-hydrogen) atoms. The van der Waals surface area contributed by atoms with Gasteiger partial charge in [0.05, 0.1) is 5.69 Å². The second kappa shape index (κ2) is 11.2. The zero-order chi connectivity index (χ0) is 32.2. The molecule has 0 fully saturated rings. The van der Waals surface area contributed by atoms with Crippen LogP contribution in [-0.2, 0) is 10.8 Å². The summed E-state index contributed by atoms with van der Waals surface area (Å²) in [6, 6.07) is 49.4. The average molecular weight is 598 g/mol. The van der Waals surface area contributed by atoms with Gasteiger partial charge < -0.3 is 4.90 Å². The smallest absolute Gasteiger partial charge is 0.0520 e. The van der Waals surface area contributed by atoms with E-state index in [0.29, 0.717) is 0 Å². The van der Waals surface area contributed by atoms with E-state index in [1.165, 1.54) is 78.3 Å². The van der Waals surface area contributed by atoms with Gasteiger partial charge in [0.15, 0.2) is 0 Å². The summed E-state index contributed by atoms with van der Waals surface area (Å²) in [6.07, 6.45) is 0. The van der Waals surface area contributed by atoms with Crippen LogP contribution in [0.15, 0.2) is 133 Å². The third-order valence-corrected chi connectivity index (χ3v) is 10.3. The third-order valence-electron chi connectivity index (χ3n) is 10.3. The van der Waals surface area contributed by atoms with Crippen molar-refractivity contribution in [1.82, 2.24) is 0 Å². The van der Waals surface area contributed by atoms with Crippen LogP contribution < -0.4 is 4.90 Å². The van der Waals surface area contributed by atoms with Gasteiger partial charge in [0, 0.05) is 22.2 Å². The van der Waals surface area contributed by atoms with Gasteiger partial charge in [-0.15, -0.1) is 0 Å². The zero-order valence-corrected chi connectivity index (χ0v) is 28.1. The van der Waals surface area contributed by atoms with Crippen molar-refractivity contribution in [2.45, 2.75) is 59.3 Å². The highest BCUT2D eigenvalue weighted by molar-refractivity contribution is 5.88. The minimum atomic E-state index is -0.157. The molecule has 0 amide bonds. The van der Waals surface area contributed by atoms with Crippen molar-refractivity contribution in [2.75, 3.05) is 4.90 Å². The minimum absolute atomic E-state index is 0.0808. The zero-order valence-electron chi connectivity index (χ0n) is 28.1. The van der Waals surface area contributed by atoms with Gasteiger partial charge in [0.2, 0.25) is 0 Å². The molecule has 6 aromatic carbocycles. The average Bonchev–Trinajstić information content (AvgIpc) is 3.29. The predicted octanol–water partition coefficient (Wildman–Crippen LogP) is 12.4. The standard InChI is InChI=1S/C45H43N/c1-30-22-23-36(28-41(30)44(4,5)35-18-12-9-13-19-35)46(43-31(2)26-34(27-32(43)3)33-16-10-8-11-17-33)37-24-25-39-38-20-14-15-21-40(38)45(6,7)42(39)29-37/h8-29H,1-7H3. The second-order valence-electron chi connectivity index (χ2n) is 14.1. The van der Waals surface area contributed by atoms with E-state index < -0.39 is 0 Å². The highest BCUT2D eigenvalue weighted by atomic mass is 15.1. The Morgan fingerprint density at radius 3 is 1.76 bits per heavy atom. The predicted molar refractivity (Wildman–Crippen MR) is 197 cm³/mol.